The van der Waals surface area contributed by atoms with E-state index >= 15 is 0 Å². The molecule has 0 spiro atoms. The lowest BCUT2D eigenvalue weighted by Gasteiger charge is -2.09. The molecular formula is C33H22N2O5. The van der Waals surface area contributed by atoms with Gasteiger partial charge in [0.25, 0.3) is 5.91 Å². The number of ether oxygens (including phenoxy) is 1. The van der Waals surface area contributed by atoms with E-state index in [1.807, 2.05) is 60.7 Å². The van der Waals surface area contributed by atoms with E-state index in [4.69, 9.17) is 9.15 Å². The van der Waals surface area contributed by atoms with Gasteiger partial charge >= 0.3 is 5.97 Å². The number of furan rings is 1. The van der Waals surface area contributed by atoms with Gasteiger partial charge in [-0.2, -0.15) is 5.26 Å². The maximum Gasteiger partial charge on any atom is 0.339 e. The Bertz CT molecular complexity index is 1720. The zero-order chi connectivity index (χ0) is 27.9. The number of hydrogen-bond donors (Lipinski definition) is 1. The summed E-state index contributed by atoms with van der Waals surface area (Å²) in [5.41, 5.74) is 2.77. The van der Waals surface area contributed by atoms with E-state index in [2.05, 4.69) is 11.4 Å². The molecule has 0 aliphatic rings. The number of rotatable bonds is 8. The molecule has 5 rings (SSSR count). The molecule has 0 unspecified atom stereocenters. The minimum Gasteiger partial charge on any atom is -0.452 e. The lowest BCUT2D eigenvalue weighted by atomic mass is 9.98. The zero-order valence-corrected chi connectivity index (χ0v) is 21.2. The number of ketones is 1. The van der Waals surface area contributed by atoms with Gasteiger partial charge in [0, 0.05) is 22.3 Å². The molecule has 0 saturated carbocycles. The van der Waals surface area contributed by atoms with Crippen LogP contribution in [-0.2, 0) is 9.53 Å². The van der Waals surface area contributed by atoms with Crippen molar-refractivity contribution in [1.29, 1.82) is 5.26 Å². The van der Waals surface area contributed by atoms with Crippen molar-refractivity contribution in [1.82, 2.24) is 0 Å². The summed E-state index contributed by atoms with van der Waals surface area (Å²) in [5.74, 6) is -1.51. The summed E-state index contributed by atoms with van der Waals surface area (Å²) in [6, 6.07) is 35.4. The number of carbonyl (C=O) groups excluding carboxylic acids is 3. The number of benzene rings is 4. The van der Waals surface area contributed by atoms with E-state index in [1.54, 1.807) is 42.5 Å². The molecule has 0 saturated heterocycles. The third kappa shape index (κ3) is 5.42. The molecule has 4 aromatic carbocycles. The second-order valence-electron chi connectivity index (χ2n) is 8.72. The molecule has 0 aliphatic heterocycles. The van der Waals surface area contributed by atoms with E-state index in [0.29, 0.717) is 16.9 Å². The van der Waals surface area contributed by atoms with Gasteiger partial charge in [-0.05, 0) is 11.6 Å². The Morgan fingerprint density at radius 2 is 1.27 bits per heavy atom. The number of hydrogen-bond acceptors (Lipinski definition) is 6. The Morgan fingerprint density at radius 3 is 1.90 bits per heavy atom. The molecule has 7 nitrogen and oxygen atoms in total. The first-order chi connectivity index (χ1) is 19.6. The number of nitriles is 1. The molecule has 0 radical (unpaired) electrons. The average Bonchev–Trinajstić information content (AvgIpc) is 3.38. The zero-order valence-electron chi connectivity index (χ0n) is 21.2. The largest absolute Gasteiger partial charge is 0.452 e. The molecule has 1 aromatic heterocycles. The van der Waals surface area contributed by atoms with Crippen molar-refractivity contribution in [2.75, 3.05) is 11.9 Å². The molecule has 5 aromatic rings. The van der Waals surface area contributed by atoms with E-state index in [-0.39, 0.29) is 28.4 Å². The van der Waals surface area contributed by atoms with Crippen molar-refractivity contribution >= 4 is 23.5 Å². The van der Waals surface area contributed by atoms with Crippen molar-refractivity contribution in [2.24, 2.45) is 0 Å². The van der Waals surface area contributed by atoms with E-state index in [9.17, 15) is 19.6 Å². The standard InChI is InChI=1S/C33H22N2O5/c34-20-27-29(22-12-4-1-5-13-22)31(24-16-8-3-9-17-24)40-32(27)35-28(36)21-39-33(38)26-19-11-10-18-25(26)30(37)23-14-6-2-7-15-23/h1-19H,21H2,(H,35,36). The van der Waals surface area contributed by atoms with Crippen LogP contribution in [0.1, 0.15) is 31.8 Å². The fourth-order valence-electron chi connectivity index (χ4n) is 4.27. The highest BCUT2D eigenvalue weighted by atomic mass is 16.5. The van der Waals surface area contributed by atoms with Crippen LogP contribution in [0.25, 0.3) is 22.5 Å². The quantitative estimate of drug-likeness (QED) is 0.182. The minimum absolute atomic E-state index is 0.0394. The molecule has 0 aliphatic carbocycles. The molecule has 0 atom stereocenters. The Morgan fingerprint density at radius 1 is 0.725 bits per heavy atom. The third-order valence-electron chi connectivity index (χ3n) is 6.13. The summed E-state index contributed by atoms with van der Waals surface area (Å²) in [4.78, 5) is 38.7. The Balaban J connectivity index is 1.36. The SMILES string of the molecule is N#Cc1c(NC(=O)COC(=O)c2ccccc2C(=O)c2ccccc2)oc(-c2ccccc2)c1-c1ccccc1. The van der Waals surface area contributed by atoms with Crippen molar-refractivity contribution in [3.63, 3.8) is 0 Å². The van der Waals surface area contributed by atoms with Gasteiger partial charge in [0.1, 0.15) is 17.4 Å². The van der Waals surface area contributed by atoms with Gasteiger partial charge in [0.2, 0.25) is 5.88 Å². The second kappa shape index (κ2) is 11.8. The summed E-state index contributed by atoms with van der Waals surface area (Å²) in [6.07, 6.45) is 0. The summed E-state index contributed by atoms with van der Waals surface area (Å²) in [7, 11) is 0. The highest BCUT2D eigenvalue weighted by molar-refractivity contribution is 6.14. The van der Waals surface area contributed by atoms with Crippen LogP contribution >= 0.6 is 0 Å². The van der Waals surface area contributed by atoms with Gasteiger partial charge in [-0.25, -0.2) is 4.79 Å². The predicted molar refractivity (Wildman–Crippen MR) is 150 cm³/mol. The van der Waals surface area contributed by atoms with E-state index < -0.39 is 18.5 Å². The number of esters is 1. The molecular weight excluding hydrogens is 504 g/mol. The van der Waals surface area contributed by atoms with Crippen LogP contribution in [0.5, 0.6) is 0 Å². The van der Waals surface area contributed by atoms with E-state index in [1.165, 1.54) is 12.1 Å². The van der Waals surface area contributed by atoms with Crippen LogP contribution in [0.3, 0.4) is 0 Å². The highest BCUT2D eigenvalue weighted by Crippen LogP contribution is 2.41. The number of carbonyl (C=O) groups is 3. The van der Waals surface area contributed by atoms with Gasteiger partial charge in [-0.15, -0.1) is 0 Å². The maximum atomic E-state index is 13.0. The van der Waals surface area contributed by atoms with Crippen molar-refractivity contribution < 1.29 is 23.5 Å². The fraction of sp³-hybridized carbons (Fsp3) is 0.0303. The van der Waals surface area contributed by atoms with Crippen LogP contribution in [0.15, 0.2) is 120 Å². The molecule has 1 N–H and O–H groups in total. The van der Waals surface area contributed by atoms with Gasteiger partial charge < -0.3 is 9.15 Å². The molecule has 7 heteroatoms. The Hall–Kier alpha value is -5.74. The van der Waals surface area contributed by atoms with Gasteiger partial charge in [0.05, 0.1) is 5.56 Å². The van der Waals surface area contributed by atoms with E-state index in [0.717, 1.165) is 11.1 Å². The molecule has 1 amide bonds. The van der Waals surface area contributed by atoms with Gasteiger partial charge in [-0.1, -0.05) is 109 Å². The molecule has 40 heavy (non-hydrogen) atoms. The smallest absolute Gasteiger partial charge is 0.339 e. The van der Waals surface area contributed by atoms with Crippen LogP contribution in [0, 0.1) is 11.3 Å². The average molecular weight is 527 g/mol. The van der Waals surface area contributed by atoms with Gasteiger partial charge in [-0.3, -0.25) is 14.9 Å². The van der Waals surface area contributed by atoms with Crippen LogP contribution in [0.4, 0.5) is 5.88 Å². The van der Waals surface area contributed by atoms with Crippen molar-refractivity contribution in [3.8, 4) is 28.5 Å². The molecule has 0 bridgehead atoms. The summed E-state index contributed by atoms with van der Waals surface area (Å²) in [5, 5.41) is 12.6. The van der Waals surface area contributed by atoms with Gasteiger partial charge in [0.15, 0.2) is 12.4 Å². The number of nitrogens with zero attached hydrogens (tertiary/aromatic N) is 1. The highest BCUT2D eigenvalue weighted by Gasteiger charge is 2.25. The molecule has 1 heterocycles. The third-order valence-corrected chi connectivity index (χ3v) is 6.13. The lowest BCUT2D eigenvalue weighted by molar-refractivity contribution is -0.119. The summed E-state index contributed by atoms with van der Waals surface area (Å²) < 4.78 is 11.2. The normalized spacial score (nSPS) is 10.4. The first kappa shape index (κ1) is 25.9. The topological polar surface area (TPSA) is 109 Å². The number of anilines is 1. The maximum absolute atomic E-state index is 13.0. The molecule has 0 fully saturated rings. The number of nitrogens with one attached hydrogen (secondary N) is 1. The Labute approximate surface area is 230 Å². The fourth-order valence-corrected chi connectivity index (χ4v) is 4.27. The summed E-state index contributed by atoms with van der Waals surface area (Å²) in [6.45, 7) is -0.653. The predicted octanol–water partition coefficient (Wildman–Crippen LogP) is 6.51. The Kier molecular flexibility index (Phi) is 7.61. The minimum atomic E-state index is -0.829. The second-order valence-corrected chi connectivity index (χ2v) is 8.72. The van der Waals surface area contributed by atoms with Crippen LogP contribution < -0.4 is 5.32 Å². The number of amides is 1. The first-order valence-corrected chi connectivity index (χ1v) is 12.4. The van der Waals surface area contributed by atoms with Crippen molar-refractivity contribution in [3.05, 3.63) is 138 Å². The summed E-state index contributed by atoms with van der Waals surface area (Å²) >= 11 is 0. The van der Waals surface area contributed by atoms with Crippen LogP contribution in [-0.4, -0.2) is 24.3 Å². The lowest BCUT2D eigenvalue weighted by Crippen LogP contribution is -2.22. The van der Waals surface area contributed by atoms with Crippen molar-refractivity contribution in [2.45, 2.75) is 0 Å². The van der Waals surface area contributed by atoms with Crippen LogP contribution in [0.2, 0.25) is 0 Å². The monoisotopic (exact) mass is 526 g/mol. The first-order valence-electron chi connectivity index (χ1n) is 12.4. The molecule has 194 valence electrons.